The molecule has 1 aliphatic carbocycles. The van der Waals surface area contributed by atoms with E-state index in [2.05, 4.69) is 31.9 Å². The van der Waals surface area contributed by atoms with Gasteiger partial charge in [-0.1, -0.05) is 31.9 Å². The average molecular weight is 329 g/mol. The normalized spacial score (nSPS) is 26.0. The first-order chi connectivity index (χ1) is 10.1. The van der Waals surface area contributed by atoms with Crippen LogP contribution in [0.5, 0.6) is 0 Å². The Morgan fingerprint density at radius 3 is 2.43 bits per heavy atom. The Kier molecular flexibility index (Phi) is 6.54. The summed E-state index contributed by atoms with van der Waals surface area (Å²) < 4.78 is 0.862. The smallest absolute Gasteiger partial charge is 0.0931 e. The van der Waals surface area contributed by atoms with Crippen LogP contribution >= 0.6 is 22.9 Å². The molecule has 0 saturated heterocycles. The minimum Gasteiger partial charge on any atom is -0.326 e. The van der Waals surface area contributed by atoms with Crippen LogP contribution in [0.25, 0.3) is 0 Å². The van der Waals surface area contributed by atoms with Gasteiger partial charge in [-0.25, -0.2) is 0 Å². The fourth-order valence-corrected chi connectivity index (χ4v) is 4.90. The van der Waals surface area contributed by atoms with E-state index in [1.807, 2.05) is 6.07 Å². The van der Waals surface area contributed by atoms with E-state index in [0.29, 0.717) is 12.1 Å². The van der Waals surface area contributed by atoms with E-state index in [1.54, 1.807) is 11.3 Å². The molecule has 1 aliphatic rings. The maximum atomic E-state index is 6.44. The summed E-state index contributed by atoms with van der Waals surface area (Å²) in [5, 5.41) is 0. The summed E-state index contributed by atoms with van der Waals surface area (Å²) in [5.74, 6) is 0.934. The molecule has 1 aromatic rings. The maximum absolute atomic E-state index is 6.44. The van der Waals surface area contributed by atoms with Crippen LogP contribution in [0, 0.1) is 5.92 Å². The second kappa shape index (κ2) is 7.96. The van der Waals surface area contributed by atoms with E-state index in [4.69, 9.17) is 17.3 Å². The molecule has 2 unspecified atom stereocenters. The lowest BCUT2D eigenvalue weighted by atomic mass is 9.83. The van der Waals surface area contributed by atoms with Gasteiger partial charge in [-0.05, 0) is 57.2 Å². The van der Waals surface area contributed by atoms with Gasteiger partial charge in [0, 0.05) is 17.0 Å². The molecule has 0 aromatic carbocycles. The summed E-state index contributed by atoms with van der Waals surface area (Å²) in [5.41, 5.74) is 6.44. The summed E-state index contributed by atoms with van der Waals surface area (Å²) in [7, 11) is 2.25. The van der Waals surface area contributed by atoms with Crippen LogP contribution in [0.2, 0.25) is 4.34 Å². The summed E-state index contributed by atoms with van der Waals surface area (Å²) in [4.78, 5) is 3.84. The Morgan fingerprint density at radius 1 is 1.29 bits per heavy atom. The lowest BCUT2D eigenvalue weighted by molar-refractivity contribution is 0.105. The molecule has 21 heavy (non-hydrogen) atoms. The van der Waals surface area contributed by atoms with Crippen molar-refractivity contribution in [3.8, 4) is 0 Å². The van der Waals surface area contributed by atoms with Gasteiger partial charge in [-0.3, -0.25) is 4.90 Å². The number of likely N-dealkylation sites (N-methyl/N-ethyl adjacent to an activating group) is 1. The van der Waals surface area contributed by atoms with Gasteiger partial charge in [-0.2, -0.15) is 0 Å². The van der Waals surface area contributed by atoms with Crippen molar-refractivity contribution in [1.82, 2.24) is 4.90 Å². The molecule has 1 saturated carbocycles. The SMILES string of the molecule is CCC1CCC(N(C)C(c2ccc(Cl)s2)C(N)CC)CC1. The van der Waals surface area contributed by atoms with Crippen molar-refractivity contribution in [3.63, 3.8) is 0 Å². The Morgan fingerprint density at radius 2 is 1.95 bits per heavy atom. The van der Waals surface area contributed by atoms with Crippen LogP contribution in [0.4, 0.5) is 0 Å². The molecule has 0 aliphatic heterocycles. The molecular weight excluding hydrogens is 300 g/mol. The molecule has 0 amide bonds. The monoisotopic (exact) mass is 328 g/mol. The van der Waals surface area contributed by atoms with E-state index in [9.17, 15) is 0 Å². The molecule has 0 radical (unpaired) electrons. The van der Waals surface area contributed by atoms with Crippen LogP contribution in [0.3, 0.4) is 0 Å². The van der Waals surface area contributed by atoms with E-state index in [0.717, 1.165) is 16.7 Å². The Balaban J connectivity index is 2.10. The topological polar surface area (TPSA) is 29.3 Å². The fourth-order valence-electron chi connectivity index (χ4n) is 3.61. The van der Waals surface area contributed by atoms with Crippen molar-refractivity contribution in [2.24, 2.45) is 11.7 Å². The molecule has 2 atom stereocenters. The van der Waals surface area contributed by atoms with E-state index in [-0.39, 0.29) is 6.04 Å². The van der Waals surface area contributed by atoms with Crippen molar-refractivity contribution in [3.05, 3.63) is 21.3 Å². The predicted octanol–water partition coefficient (Wildman–Crippen LogP) is 5.08. The second-order valence-electron chi connectivity index (χ2n) is 6.41. The highest BCUT2D eigenvalue weighted by atomic mass is 35.5. The predicted molar refractivity (Wildman–Crippen MR) is 94.1 cm³/mol. The molecule has 1 heterocycles. The average Bonchev–Trinajstić information content (AvgIpc) is 2.93. The van der Waals surface area contributed by atoms with Gasteiger partial charge in [0.1, 0.15) is 0 Å². The Labute approximate surface area is 138 Å². The highest BCUT2D eigenvalue weighted by molar-refractivity contribution is 7.16. The lowest BCUT2D eigenvalue weighted by Crippen LogP contribution is -2.44. The second-order valence-corrected chi connectivity index (χ2v) is 8.15. The number of hydrogen-bond donors (Lipinski definition) is 1. The molecule has 1 fully saturated rings. The van der Waals surface area contributed by atoms with Crippen LogP contribution in [0.15, 0.2) is 12.1 Å². The molecule has 1 aromatic heterocycles. The molecule has 4 heteroatoms. The van der Waals surface area contributed by atoms with Crippen molar-refractivity contribution in [2.75, 3.05) is 7.05 Å². The van der Waals surface area contributed by atoms with E-state index < -0.39 is 0 Å². The Hall–Kier alpha value is -0.0900. The van der Waals surface area contributed by atoms with Gasteiger partial charge in [0.25, 0.3) is 0 Å². The zero-order valence-electron chi connectivity index (χ0n) is 13.5. The van der Waals surface area contributed by atoms with Crippen LogP contribution in [-0.4, -0.2) is 24.0 Å². The zero-order chi connectivity index (χ0) is 15.4. The van der Waals surface area contributed by atoms with Gasteiger partial charge >= 0.3 is 0 Å². The molecule has 0 spiro atoms. The zero-order valence-corrected chi connectivity index (χ0v) is 15.1. The number of hydrogen-bond acceptors (Lipinski definition) is 3. The number of nitrogens with zero attached hydrogens (tertiary/aromatic N) is 1. The summed E-state index contributed by atoms with van der Waals surface area (Å²) in [6.07, 6.45) is 7.67. The fraction of sp³-hybridized carbons (Fsp3) is 0.765. The number of halogens is 1. The van der Waals surface area contributed by atoms with Crippen molar-refractivity contribution in [1.29, 1.82) is 0 Å². The third kappa shape index (κ3) is 4.22. The first-order valence-corrected chi connectivity index (χ1v) is 9.49. The minimum atomic E-state index is 0.175. The van der Waals surface area contributed by atoms with E-state index in [1.165, 1.54) is 37.0 Å². The first kappa shape index (κ1) is 17.3. The van der Waals surface area contributed by atoms with Gasteiger partial charge < -0.3 is 5.73 Å². The molecule has 2 nitrogen and oxygen atoms in total. The minimum absolute atomic E-state index is 0.175. The quantitative estimate of drug-likeness (QED) is 0.789. The van der Waals surface area contributed by atoms with Gasteiger partial charge in [0.2, 0.25) is 0 Å². The maximum Gasteiger partial charge on any atom is 0.0931 e. The Bertz CT molecular complexity index is 426. The summed E-state index contributed by atoms with van der Waals surface area (Å²) in [6, 6.07) is 5.29. The van der Waals surface area contributed by atoms with Crippen molar-refractivity contribution >= 4 is 22.9 Å². The number of rotatable bonds is 6. The van der Waals surface area contributed by atoms with E-state index >= 15 is 0 Å². The highest BCUT2D eigenvalue weighted by Crippen LogP contribution is 2.37. The van der Waals surface area contributed by atoms with Crippen molar-refractivity contribution < 1.29 is 0 Å². The molecule has 0 bridgehead atoms. The van der Waals surface area contributed by atoms with Gasteiger partial charge in [0.05, 0.1) is 10.4 Å². The highest BCUT2D eigenvalue weighted by Gasteiger charge is 2.31. The van der Waals surface area contributed by atoms with Gasteiger partial charge in [0.15, 0.2) is 0 Å². The lowest BCUT2D eigenvalue weighted by Gasteiger charge is -2.40. The number of thiophene rings is 1. The van der Waals surface area contributed by atoms with Crippen molar-refractivity contribution in [2.45, 2.75) is 70.5 Å². The standard InChI is InChI=1S/C17H29ClN2S/c1-4-12-6-8-13(9-7-12)20(3)17(14(19)5-2)15-10-11-16(18)21-15/h10-14,17H,4-9,19H2,1-3H3. The van der Waals surface area contributed by atoms with Crippen LogP contribution in [-0.2, 0) is 0 Å². The molecule has 2 N–H and O–H groups in total. The number of nitrogens with two attached hydrogens (primary N) is 1. The summed E-state index contributed by atoms with van der Waals surface area (Å²) >= 11 is 7.82. The third-order valence-corrected chi connectivity index (χ3v) is 6.47. The van der Waals surface area contributed by atoms with Crippen LogP contribution < -0.4 is 5.73 Å². The third-order valence-electron chi connectivity index (χ3n) is 5.17. The summed E-state index contributed by atoms with van der Waals surface area (Å²) in [6.45, 7) is 4.49. The van der Waals surface area contributed by atoms with Crippen LogP contribution in [0.1, 0.15) is 63.3 Å². The molecular formula is C17H29ClN2S. The first-order valence-electron chi connectivity index (χ1n) is 8.29. The molecule has 120 valence electrons. The van der Waals surface area contributed by atoms with Gasteiger partial charge in [-0.15, -0.1) is 11.3 Å². The molecule has 2 rings (SSSR count). The largest absolute Gasteiger partial charge is 0.326 e.